The molecule has 0 aliphatic carbocycles. The van der Waals surface area contributed by atoms with Crippen LogP contribution in [0.4, 0.5) is 8.78 Å². The lowest BCUT2D eigenvalue weighted by molar-refractivity contribution is 0.471. The lowest BCUT2D eigenvalue weighted by Gasteiger charge is -2.22. The molecule has 0 aromatic heterocycles. The Morgan fingerprint density at radius 2 is 1.71 bits per heavy atom. The third-order valence-electron chi connectivity index (χ3n) is 2.80. The van der Waals surface area contributed by atoms with Crippen LogP contribution in [0.5, 0.6) is 5.75 Å². The van der Waals surface area contributed by atoms with Gasteiger partial charge in [0.1, 0.15) is 5.75 Å². The second kappa shape index (κ2) is 3.69. The second-order valence-electron chi connectivity index (χ2n) is 5.20. The number of phenols is 1. The standard InChI is InChI=1S/C14H14F2O/c1-14(2,3)10-7-9(17)6-8-4-5-11(15)13(16)12(8)10/h4-7,17H,1-3H3. The van der Waals surface area contributed by atoms with E-state index in [4.69, 9.17) is 0 Å². The van der Waals surface area contributed by atoms with Crippen molar-refractivity contribution in [1.82, 2.24) is 0 Å². The van der Waals surface area contributed by atoms with Gasteiger partial charge >= 0.3 is 0 Å². The third kappa shape index (κ3) is 1.97. The van der Waals surface area contributed by atoms with E-state index >= 15 is 0 Å². The topological polar surface area (TPSA) is 20.2 Å². The molecule has 0 saturated carbocycles. The number of hydrogen-bond acceptors (Lipinski definition) is 1. The van der Waals surface area contributed by atoms with Crippen molar-refractivity contribution >= 4 is 10.8 Å². The summed E-state index contributed by atoms with van der Waals surface area (Å²) in [5.74, 6) is -1.66. The summed E-state index contributed by atoms with van der Waals surface area (Å²) in [4.78, 5) is 0. The van der Waals surface area contributed by atoms with Crippen molar-refractivity contribution in [3.63, 3.8) is 0 Å². The van der Waals surface area contributed by atoms with E-state index < -0.39 is 11.6 Å². The second-order valence-corrected chi connectivity index (χ2v) is 5.20. The zero-order chi connectivity index (χ0) is 12.8. The van der Waals surface area contributed by atoms with Crippen LogP contribution in [0.25, 0.3) is 10.8 Å². The van der Waals surface area contributed by atoms with Crippen LogP contribution < -0.4 is 0 Å². The quantitative estimate of drug-likeness (QED) is 0.729. The molecule has 0 saturated heterocycles. The van der Waals surface area contributed by atoms with Gasteiger partial charge in [-0.05, 0) is 34.6 Å². The van der Waals surface area contributed by atoms with Gasteiger partial charge < -0.3 is 5.11 Å². The zero-order valence-electron chi connectivity index (χ0n) is 10.0. The number of aromatic hydroxyl groups is 1. The summed E-state index contributed by atoms with van der Waals surface area (Å²) in [6.07, 6.45) is 0. The normalized spacial score (nSPS) is 12.1. The lowest BCUT2D eigenvalue weighted by Crippen LogP contribution is -2.12. The molecule has 0 aliphatic rings. The Balaban J connectivity index is 2.95. The van der Waals surface area contributed by atoms with Crippen LogP contribution >= 0.6 is 0 Å². The van der Waals surface area contributed by atoms with Crippen molar-refractivity contribution in [3.8, 4) is 5.75 Å². The minimum atomic E-state index is -0.867. The molecule has 0 atom stereocenters. The number of phenolic OH excluding ortho intramolecular Hbond substituents is 1. The van der Waals surface area contributed by atoms with Crippen LogP contribution in [0.2, 0.25) is 0 Å². The Hall–Kier alpha value is -1.64. The maximum absolute atomic E-state index is 13.9. The third-order valence-corrected chi connectivity index (χ3v) is 2.80. The van der Waals surface area contributed by atoms with Crippen LogP contribution in [-0.4, -0.2) is 5.11 Å². The highest BCUT2D eigenvalue weighted by molar-refractivity contribution is 5.88. The molecular formula is C14H14F2O. The number of hydrogen-bond donors (Lipinski definition) is 1. The molecule has 0 aliphatic heterocycles. The first-order chi connectivity index (χ1) is 7.80. The van der Waals surface area contributed by atoms with E-state index in [1.807, 2.05) is 20.8 Å². The Morgan fingerprint density at radius 3 is 2.29 bits per heavy atom. The average molecular weight is 236 g/mol. The molecule has 2 aromatic rings. The van der Waals surface area contributed by atoms with E-state index in [9.17, 15) is 13.9 Å². The van der Waals surface area contributed by atoms with E-state index in [0.717, 1.165) is 6.07 Å². The van der Waals surface area contributed by atoms with E-state index in [2.05, 4.69) is 0 Å². The van der Waals surface area contributed by atoms with Crippen LogP contribution in [0.15, 0.2) is 24.3 Å². The first-order valence-electron chi connectivity index (χ1n) is 5.42. The highest BCUT2D eigenvalue weighted by Crippen LogP contribution is 2.35. The van der Waals surface area contributed by atoms with Crippen molar-refractivity contribution < 1.29 is 13.9 Å². The van der Waals surface area contributed by atoms with Crippen molar-refractivity contribution in [2.24, 2.45) is 0 Å². The summed E-state index contributed by atoms with van der Waals surface area (Å²) in [6.45, 7) is 5.68. The minimum absolute atomic E-state index is 0.0634. The fraction of sp³-hybridized carbons (Fsp3) is 0.286. The van der Waals surface area contributed by atoms with Crippen LogP contribution in [-0.2, 0) is 5.41 Å². The summed E-state index contributed by atoms with van der Waals surface area (Å²) in [5.41, 5.74) is 0.232. The maximum atomic E-state index is 13.9. The minimum Gasteiger partial charge on any atom is -0.508 e. The molecule has 90 valence electrons. The molecule has 0 spiro atoms. The largest absolute Gasteiger partial charge is 0.508 e. The van der Waals surface area contributed by atoms with Crippen molar-refractivity contribution in [1.29, 1.82) is 0 Å². The van der Waals surface area contributed by atoms with Gasteiger partial charge in [-0.15, -0.1) is 0 Å². The van der Waals surface area contributed by atoms with Gasteiger partial charge in [-0.1, -0.05) is 26.8 Å². The number of fused-ring (bicyclic) bond motifs is 1. The summed E-state index contributed by atoms with van der Waals surface area (Å²) in [6, 6.07) is 5.48. The first kappa shape index (κ1) is 11.8. The summed E-state index contributed by atoms with van der Waals surface area (Å²) in [7, 11) is 0. The summed E-state index contributed by atoms with van der Waals surface area (Å²) in [5, 5.41) is 10.4. The van der Waals surface area contributed by atoms with Gasteiger partial charge in [0.25, 0.3) is 0 Å². The lowest BCUT2D eigenvalue weighted by atomic mass is 9.83. The SMILES string of the molecule is CC(C)(C)c1cc(O)cc2ccc(F)c(F)c12. The van der Waals surface area contributed by atoms with Gasteiger partial charge in [0.2, 0.25) is 0 Å². The van der Waals surface area contributed by atoms with Gasteiger partial charge in [0.05, 0.1) is 0 Å². The van der Waals surface area contributed by atoms with Gasteiger partial charge in [0.15, 0.2) is 11.6 Å². The van der Waals surface area contributed by atoms with Gasteiger partial charge in [-0.2, -0.15) is 0 Å². The Bertz CT molecular complexity index is 583. The molecule has 2 rings (SSSR count). The fourth-order valence-corrected chi connectivity index (χ4v) is 1.97. The molecule has 1 nitrogen and oxygen atoms in total. The number of rotatable bonds is 0. The molecular weight excluding hydrogens is 222 g/mol. The molecule has 2 aromatic carbocycles. The van der Waals surface area contributed by atoms with E-state index in [1.54, 1.807) is 0 Å². The molecule has 3 heteroatoms. The molecule has 0 unspecified atom stereocenters. The van der Waals surface area contributed by atoms with Crippen molar-refractivity contribution in [2.45, 2.75) is 26.2 Å². The molecule has 0 amide bonds. The van der Waals surface area contributed by atoms with Crippen LogP contribution in [0.3, 0.4) is 0 Å². The monoisotopic (exact) mass is 236 g/mol. The number of benzene rings is 2. The molecule has 0 fully saturated rings. The molecule has 17 heavy (non-hydrogen) atoms. The Kier molecular flexibility index (Phi) is 2.57. The fourth-order valence-electron chi connectivity index (χ4n) is 1.97. The number of halogens is 2. The van der Waals surface area contributed by atoms with E-state index in [-0.39, 0.29) is 16.6 Å². The molecule has 0 bridgehead atoms. The predicted octanol–water partition coefficient (Wildman–Crippen LogP) is 4.12. The Morgan fingerprint density at radius 1 is 1.06 bits per heavy atom. The van der Waals surface area contributed by atoms with Crippen molar-refractivity contribution in [3.05, 3.63) is 41.5 Å². The van der Waals surface area contributed by atoms with Gasteiger partial charge in [-0.3, -0.25) is 0 Å². The van der Waals surface area contributed by atoms with E-state index in [0.29, 0.717) is 10.9 Å². The summed E-state index contributed by atoms with van der Waals surface area (Å²) < 4.78 is 27.1. The van der Waals surface area contributed by atoms with Gasteiger partial charge in [0, 0.05) is 5.39 Å². The highest BCUT2D eigenvalue weighted by Gasteiger charge is 2.21. The highest BCUT2D eigenvalue weighted by atomic mass is 19.2. The van der Waals surface area contributed by atoms with Crippen molar-refractivity contribution in [2.75, 3.05) is 0 Å². The smallest absolute Gasteiger partial charge is 0.166 e. The first-order valence-corrected chi connectivity index (χ1v) is 5.42. The zero-order valence-corrected chi connectivity index (χ0v) is 10.0. The van der Waals surface area contributed by atoms with E-state index in [1.165, 1.54) is 18.2 Å². The van der Waals surface area contributed by atoms with Crippen LogP contribution in [0.1, 0.15) is 26.3 Å². The van der Waals surface area contributed by atoms with Gasteiger partial charge in [-0.25, -0.2) is 8.78 Å². The average Bonchev–Trinajstić information content (AvgIpc) is 2.21. The molecule has 0 radical (unpaired) electrons. The predicted molar refractivity (Wildman–Crippen MR) is 64.2 cm³/mol. The maximum Gasteiger partial charge on any atom is 0.166 e. The summed E-state index contributed by atoms with van der Waals surface area (Å²) >= 11 is 0. The molecule has 0 heterocycles. The Labute approximate surface area is 98.7 Å². The molecule has 1 N–H and O–H groups in total. The van der Waals surface area contributed by atoms with Crippen LogP contribution in [0, 0.1) is 11.6 Å².